The Labute approximate surface area is 114 Å². The molecule has 4 nitrogen and oxygen atoms in total. The van der Waals surface area contributed by atoms with Gasteiger partial charge >= 0.3 is 0 Å². The summed E-state index contributed by atoms with van der Waals surface area (Å²) in [4.78, 5) is 15.2. The predicted molar refractivity (Wildman–Crippen MR) is 62.8 cm³/mol. The highest BCUT2D eigenvalue weighted by molar-refractivity contribution is 6.03. The van der Waals surface area contributed by atoms with Crippen LogP contribution in [-0.2, 0) is 0 Å². The van der Waals surface area contributed by atoms with Crippen LogP contribution >= 0.6 is 0 Å². The molecule has 3 N–H and O–H groups in total. The van der Waals surface area contributed by atoms with E-state index in [0.29, 0.717) is 0 Å². The van der Waals surface area contributed by atoms with Gasteiger partial charge in [0, 0.05) is 0 Å². The van der Waals surface area contributed by atoms with Crippen LogP contribution in [0.4, 0.5) is 33.3 Å². The molecule has 0 bridgehead atoms. The molecule has 1 aromatic heterocycles. The SMILES string of the molecule is Nc1ccc(C(=O)Nc2c(F)c(F)c(F)c(F)c2F)nc1. The highest BCUT2D eigenvalue weighted by atomic mass is 19.2. The van der Waals surface area contributed by atoms with E-state index in [-0.39, 0.29) is 11.4 Å². The summed E-state index contributed by atoms with van der Waals surface area (Å²) in [6.45, 7) is 0. The van der Waals surface area contributed by atoms with Crippen molar-refractivity contribution in [2.24, 2.45) is 0 Å². The Morgan fingerprint density at radius 1 is 0.952 bits per heavy atom. The molecule has 0 saturated heterocycles. The van der Waals surface area contributed by atoms with Gasteiger partial charge in [-0.3, -0.25) is 4.79 Å². The van der Waals surface area contributed by atoms with Gasteiger partial charge in [0.25, 0.3) is 5.91 Å². The van der Waals surface area contributed by atoms with Gasteiger partial charge in [0.1, 0.15) is 11.4 Å². The van der Waals surface area contributed by atoms with E-state index in [0.717, 1.165) is 12.3 Å². The molecule has 0 aliphatic rings. The summed E-state index contributed by atoms with van der Waals surface area (Å²) in [6.07, 6.45) is 1.09. The Morgan fingerprint density at radius 3 is 1.95 bits per heavy atom. The Kier molecular flexibility index (Phi) is 3.74. The summed E-state index contributed by atoms with van der Waals surface area (Å²) >= 11 is 0. The number of nitrogen functional groups attached to an aromatic ring is 1. The minimum atomic E-state index is -2.31. The lowest BCUT2D eigenvalue weighted by atomic mass is 10.2. The van der Waals surface area contributed by atoms with Crippen LogP contribution in [-0.4, -0.2) is 10.9 Å². The van der Waals surface area contributed by atoms with Crippen molar-refractivity contribution >= 4 is 17.3 Å². The number of carbonyl (C=O) groups is 1. The highest BCUT2D eigenvalue weighted by Crippen LogP contribution is 2.27. The van der Waals surface area contributed by atoms with Crippen LogP contribution in [0.2, 0.25) is 0 Å². The van der Waals surface area contributed by atoms with Crippen molar-refractivity contribution in [2.75, 3.05) is 11.1 Å². The number of nitrogens with two attached hydrogens (primary N) is 1. The number of halogens is 5. The van der Waals surface area contributed by atoms with Crippen LogP contribution in [0.5, 0.6) is 0 Å². The lowest BCUT2D eigenvalue weighted by molar-refractivity contribution is 0.102. The molecule has 0 saturated carbocycles. The van der Waals surface area contributed by atoms with Gasteiger partial charge in [0.2, 0.25) is 5.82 Å². The third-order valence-corrected chi connectivity index (χ3v) is 2.47. The van der Waals surface area contributed by atoms with Gasteiger partial charge in [0.05, 0.1) is 11.9 Å². The molecule has 1 amide bonds. The van der Waals surface area contributed by atoms with Crippen molar-refractivity contribution < 1.29 is 26.7 Å². The molecule has 9 heteroatoms. The van der Waals surface area contributed by atoms with Crippen LogP contribution in [0, 0.1) is 29.1 Å². The monoisotopic (exact) mass is 303 g/mol. The number of hydrogen-bond donors (Lipinski definition) is 2. The molecule has 0 fully saturated rings. The predicted octanol–water partition coefficient (Wildman–Crippen LogP) is 2.61. The van der Waals surface area contributed by atoms with Crippen molar-refractivity contribution in [3.8, 4) is 0 Å². The minimum Gasteiger partial charge on any atom is -0.397 e. The largest absolute Gasteiger partial charge is 0.397 e. The quantitative estimate of drug-likeness (QED) is 0.509. The zero-order valence-electron chi connectivity index (χ0n) is 10.1. The van der Waals surface area contributed by atoms with Crippen LogP contribution in [0.25, 0.3) is 0 Å². The molecule has 2 aromatic rings. The van der Waals surface area contributed by atoms with E-state index in [1.54, 1.807) is 5.32 Å². The normalized spacial score (nSPS) is 10.5. The molecule has 21 heavy (non-hydrogen) atoms. The van der Waals surface area contributed by atoms with E-state index in [2.05, 4.69) is 4.98 Å². The van der Waals surface area contributed by atoms with Gasteiger partial charge in [0.15, 0.2) is 23.3 Å². The zero-order chi connectivity index (χ0) is 15.7. The third-order valence-electron chi connectivity index (χ3n) is 2.47. The lowest BCUT2D eigenvalue weighted by Crippen LogP contribution is -2.18. The first-order valence-corrected chi connectivity index (χ1v) is 5.37. The fraction of sp³-hybridized carbons (Fsp3) is 0. The van der Waals surface area contributed by atoms with Crippen LogP contribution in [0.15, 0.2) is 18.3 Å². The summed E-state index contributed by atoms with van der Waals surface area (Å²) in [6, 6.07) is 2.40. The number of benzene rings is 1. The summed E-state index contributed by atoms with van der Waals surface area (Å²) in [5.74, 6) is -12.1. The maximum Gasteiger partial charge on any atom is 0.274 e. The van der Waals surface area contributed by atoms with Crippen LogP contribution < -0.4 is 11.1 Å². The molecule has 0 radical (unpaired) electrons. The maximum absolute atomic E-state index is 13.4. The number of amides is 1. The van der Waals surface area contributed by atoms with Gasteiger partial charge in [-0.15, -0.1) is 0 Å². The first kappa shape index (κ1) is 14.7. The molecule has 0 aliphatic carbocycles. The van der Waals surface area contributed by atoms with Gasteiger partial charge in [-0.25, -0.2) is 26.9 Å². The van der Waals surface area contributed by atoms with Crippen molar-refractivity contribution in [1.29, 1.82) is 0 Å². The maximum atomic E-state index is 13.4. The molecule has 0 spiro atoms. The second-order valence-electron chi connectivity index (χ2n) is 3.88. The van der Waals surface area contributed by atoms with E-state index in [1.165, 1.54) is 6.07 Å². The smallest absolute Gasteiger partial charge is 0.274 e. The number of carbonyl (C=O) groups excluding carboxylic acids is 1. The molecule has 110 valence electrons. The lowest BCUT2D eigenvalue weighted by Gasteiger charge is -2.09. The van der Waals surface area contributed by atoms with E-state index < -0.39 is 40.7 Å². The minimum absolute atomic E-state index is 0.225. The summed E-state index contributed by atoms with van der Waals surface area (Å²) in [5.41, 5.74) is 3.79. The molecule has 2 rings (SSSR count). The second-order valence-corrected chi connectivity index (χ2v) is 3.88. The van der Waals surface area contributed by atoms with Crippen molar-refractivity contribution in [3.05, 3.63) is 53.1 Å². The summed E-state index contributed by atoms with van der Waals surface area (Å²) < 4.78 is 65.5. The molecule has 0 atom stereocenters. The van der Waals surface area contributed by atoms with Gasteiger partial charge < -0.3 is 11.1 Å². The molecular weight excluding hydrogens is 297 g/mol. The Morgan fingerprint density at radius 2 is 1.48 bits per heavy atom. The Bertz CT molecular complexity index is 689. The average Bonchev–Trinajstić information content (AvgIpc) is 2.48. The first-order valence-electron chi connectivity index (χ1n) is 5.37. The molecule has 1 heterocycles. The van der Waals surface area contributed by atoms with Crippen LogP contribution in [0.3, 0.4) is 0 Å². The highest BCUT2D eigenvalue weighted by Gasteiger charge is 2.27. The molecule has 0 unspecified atom stereocenters. The summed E-state index contributed by atoms with van der Waals surface area (Å²) in [7, 11) is 0. The van der Waals surface area contributed by atoms with Gasteiger partial charge in [-0.1, -0.05) is 0 Å². The number of rotatable bonds is 2. The molecule has 0 aliphatic heterocycles. The van der Waals surface area contributed by atoms with Crippen molar-refractivity contribution in [3.63, 3.8) is 0 Å². The van der Waals surface area contributed by atoms with Crippen LogP contribution in [0.1, 0.15) is 10.5 Å². The summed E-state index contributed by atoms with van der Waals surface area (Å²) in [5, 5.41) is 1.58. The van der Waals surface area contributed by atoms with Gasteiger partial charge in [-0.05, 0) is 12.1 Å². The first-order chi connectivity index (χ1) is 9.82. The topological polar surface area (TPSA) is 68.0 Å². The molecule has 1 aromatic carbocycles. The Balaban J connectivity index is 2.40. The third kappa shape index (κ3) is 2.62. The average molecular weight is 303 g/mol. The standard InChI is InChI=1S/C12H6F5N3O/c13-6-7(14)9(16)11(10(17)8(6)15)20-12(21)5-2-1-4(18)3-19-5/h1-3H,18H2,(H,20,21). The number of pyridine rings is 1. The van der Waals surface area contributed by atoms with E-state index in [1.807, 2.05) is 0 Å². The fourth-order valence-corrected chi connectivity index (χ4v) is 1.43. The zero-order valence-corrected chi connectivity index (χ0v) is 10.1. The van der Waals surface area contributed by atoms with Crippen molar-refractivity contribution in [1.82, 2.24) is 4.98 Å². The number of anilines is 2. The van der Waals surface area contributed by atoms with E-state index in [4.69, 9.17) is 5.73 Å². The number of hydrogen-bond acceptors (Lipinski definition) is 3. The Hall–Kier alpha value is -2.71. The number of nitrogens with zero attached hydrogens (tertiary/aromatic N) is 1. The molecular formula is C12H6F5N3O. The van der Waals surface area contributed by atoms with E-state index >= 15 is 0 Å². The fourth-order valence-electron chi connectivity index (χ4n) is 1.43. The number of aromatic nitrogens is 1. The van der Waals surface area contributed by atoms with Crippen molar-refractivity contribution in [2.45, 2.75) is 0 Å². The van der Waals surface area contributed by atoms with E-state index in [9.17, 15) is 26.7 Å². The number of nitrogens with one attached hydrogen (secondary N) is 1. The van der Waals surface area contributed by atoms with Gasteiger partial charge in [-0.2, -0.15) is 0 Å². The second kappa shape index (κ2) is 5.35.